The number of carbonyl (C=O) groups excluding carboxylic acids is 1. The molecular formula is C13H18N2O3. The first kappa shape index (κ1) is 12.5. The number of rotatable bonds is 2. The van der Waals surface area contributed by atoms with Crippen LogP contribution >= 0.6 is 0 Å². The molecule has 1 heterocycles. The maximum Gasteiger partial charge on any atom is 0.325 e. The Labute approximate surface area is 106 Å². The van der Waals surface area contributed by atoms with E-state index in [-0.39, 0.29) is 18.1 Å². The van der Waals surface area contributed by atoms with Gasteiger partial charge in [0.15, 0.2) is 0 Å². The number of nitrogens with two attached hydrogens (primary N) is 1. The van der Waals surface area contributed by atoms with Crippen molar-refractivity contribution in [3.05, 3.63) is 18.2 Å². The van der Waals surface area contributed by atoms with E-state index in [1.165, 1.54) is 7.11 Å². The highest BCUT2D eigenvalue weighted by Gasteiger charge is 2.33. The van der Waals surface area contributed by atoms with Crippen molar-refractivity contribution in [1.82, 2.24) is 0 Å². The number of nitrogens with zero attached hydrogens (tertiary/aromatic N) is 1. The molecule has 0 aliphatic carbocycles. The Morgan fingerprint density at radius 1 is 1.56 bits per heavy atom. The van der Waals surface area contributed by atoms with Crippen LogP contribution in [0.5, 0.6) is 5.75 Å². The van der Waals surface area contributed by atoms with E-state index in [9.17, 15) is 4.79 Å². The fourth-order valence-corrected chi connectivity index (χ4v) is 2.18. The molecule has 5 heteroatoms. The molecule has 18 heavy (non-hydrogen) atoms. The third-order valence-corrected chi connectivity index (χ3v) is 2.85. The molecule has 0 bridgehead atoms. The van der Waals surface area contributed by atoms with Gasteiger partial charge in [0.1, 0.15) is 23.6 Å². The first-order chi connectivity index (χ1) is 8.43. The number of carbonyl (C=O) groups is 1. The van der Waals surface area contributed by atoms with Crippen LogP contribution in [0.1, 0.15) is 13.8 Å². The van der Waals surface area contributed by atoms with E-state index in [1.807, 2.05) is 30.9 Å². The van der Waals surface area contributed by atoms with Crippen molar-refractivity contribution in [2.24, 2.45) is 0 Å². The molecular weight excluding hydrogens is 232 g/mol. The SMILES string of the molecule is COC(=O)CN1CC(C)(C)Oc2cccc(N)c21. The number of para-hydroxylation sites is 1. The smallest absolute Gasteiger partial charge is 0.325 e. The zero-order valence-corrected chi connectivity index (χ0v) is 10.9. The standard InChI is InChI=1S/C13H18N2O3/c1-13(2)8-15(7-11(16)17-3)12-9(14)5-4-6-10(12)18-13/h4-6H,7-8,14H2,1-3H3. The summed E-state index contributed by atoms with van der Waals surface area (Å²) >= 11 is 0. The number of hydrogen-bond donors (Lipinski definition) is 1. The van der Waals surface area contributed by atoms with E-state index in [2.05, 4.69) is 0 Å². The van der Waals surface area contributed by atoms with Crippen molar-refractivity contribution >= 4 is 17.3 Å². The molecule has 0 amide bonds. The Morgan fingerprint density at radius 3 is 2.94 bits per heavy atom. The highest BCUT2D eigenvalue weighted by molar-refractivity contribution is 5.82. The fourth-order valence-electron chi connectivity index (χ4n) is 2.18. The van der Waals surface area contributed by atoms with E-state index in [0.29, 0.717) is 18.0 Å². The summed E-state index contributed by atoms with van der Waals surface area (Å²) in [6, 6.07) is 5.49. The molecule has 5 nitrogen and oxygen atoms in total. The highest BCUT2D eigenvalue weighted by Crippen LogP contribution is 2.40. The minimum absolute atomic E-state index is 0.171. The van der Waals surface area contributed by atoms with E-state index >= 15 is 0 Å². The monoisotopic (exact) mass is 250 g/mol. The Hall–Kier alpha value is -1.91. The molecule has 2 N–H and O–H groups in total. The van der Waals surface area contributed by atoms with E-state index in [0.717, 1.165) is 5.69 Å². The minimum Gasteiger partial charge on any atom is -0.484 e. The summed E-state index contributed by atoms with van der Waals surface area (Å²) in [5.74, 6) is 0.414. The molecule has 0 radical (unpaired) electrons. The molecule has 0 spiro atoms. The van der Waals surface area contributed by atoms with Gasteiger partial charge in [-0.1, -0.05) is 6.07 Å². The first-order valence-electron chi connectivity index (χ1n) is 5.82. The molecule has 98 valence electrons. The molecule has 2 rings (SSSR count). The van der Waals surface area contributed by atoms with Gasteiger partial charge in [-0.2, -0.15) is 0 Å². The highest BCUT2D eigenvalue weighted by atomic mass is 16.5. The summed E-state index contributed by atoms with van der Waals surface area (Å²) in [7, 11) is 1.38. The third kappa shape index (κ3) is 2.34. The quantitative estimate of drug-likeness (QED) is 0.635. The van der Waals surface area contributed by atoms with Crippen LogP contribution in [0.2, 0.25) is 0 Å². The zero-order valence-electron chi connectivity index (χ0n) is 10.9. The maximum atomic E-state index is 11.5. The second kappa shape index (κ2) is 4.40. The molecule has 1 aromatic rings. The number of methoxy groups -OCH3 is 1. The van der Waals surface area contributed by atoms with Crippen molar-refractivity contribution in [3.8, 4) is 5.75 Å². The zero-order chi connectivity index (χ0) is 13.3. The number of esters is 1. The molecule has 0 unspecified atom stereocenters. The lowest BCUT2D eigenvalue weighted by atomic mass is 10.0. The van der Waals surface area contributed by atoms with Gasteiger partial charge in [-0.05, 0) is 26.0 Å². The average Bonchev–Trinajstić information content (AvgIpc) is 2.26. The Bertz CT molecular complexity index is 471. The van der Waals surface area contributed by atoms with Gasteiger partial charge in [-0.15, -0.1) is 0 Å². The van der Waals surface area contributed by atoms with Crippen LogP contribution in [0.25, 0.3) is 0 Å². The topological polar surface area (TPSA) is 64.8 Å². The van der Waals surface area contributed by atoms with E-state index in [4.69, 9.17) is 15.2 Å². The minimum atomic E-state index is -0.366. The summed E-state index contributed by atoms with van der Waals surface area (Å²) in [5, 5.41) is 0. The summed E-state index contributed by atoms with van der Waals surface area (Å²) in [6.07, 6.45) is 0. The Balaban J connectivity index is 2.39. The van der Waals surface area contributed by atoms with Crippen molar-refractivity contribution in [1.29, 1.82) is 0 Å². The maximum absolute atomic E-state index is 11.5. The van der Waals surface area contributed by atoms with Gasteiger partial charge in [-0.3, -0.25) is 4.79 Å². The van der Waals surface area contributed by atoms with Gasteiger partial charge in [0.05, 0.1) is 19.3 Å². The van der Waals surface area contributed by atoms with Gasteiger partial charge in [0, 0.05) is 0 Å². The van der Waals surface area contributed by atoms with Gasteiger partial charge >= 0.3 is 5.97 Å². The number of ether oxygens (including phenoxy) is 2. The molecule has 0 fully saturated rings. The van der Waals surface area contributed by atoms with Crippen LogP contribution in [-0.4, -0.2) is 31.8 Å². The molecule has 0 aromatic heterocycles. The summed E-state index contributed by atoms with van der Waals surface area (Å²) < 4.78 is 10.6. The van der Waals surface area contributed by atoms with Crippen LogP contribution in [-0.2, 0) is 9.53 Å². The molecule has 0 saturated heterocycles. The van der Waals surface area contributed by atoms with Crippen LogP contribution in [0.4, 0.5) is 11.4 Å². The summed E-state index contributed by atoms with van der Waals surface area (Å²) in [5.41, 5.74) is 6.97. The van der Waals surface area contributed by atoms with Crippen molar-refractivity contribution < 1.29 is 14.3 Å². The average molecular weight is 250 g/mol. The fraction of sp³-hybridized carbons (Fsp3) is 0.462. The molecule has 0 saturated carbocycles. The second-order valence-corrected chi connectivity index (χ2v) is 4.99. The van der Waals surface area contributed by atoms with Crippen LogP contribution in [0.3, 0.4) is 0 Å². The Morgan fingerprint density at radius 2 is 2.28 bits per heavy atom. The van der Waals surface area contributed by atoms with Crippen molar-refractivity contribution in [2.45, 2.75) is 19.4 Å². The predicted molar refractivity (Wildman–Crippen MR) is 69.8 cm³/mol. The van der Waals surface area contributed by atoms with Crippen LogP contribution < -0.4 is 15.4 Å². The lowest BCUT2D eigenvalue weighted by Gasteiger charge is -2.40. The number of nitrogen functional groups attached to an aromatic ring is 1. The number of fused-ring (bicyclic) bond motifs is 1. The van der Waals surface area contributed by atoms with Gasteiger partial charge < -0.3 is 20.1 Å². The van der Waals surface area contributed by atoms with Crippen LogP contribution in [0.15, 0.2) is 18.2 Å². The van der Waals surface area contributed by atoms with Crippen molar-refractivity contribution in [3.63, 3.8) is 0 Å². The second-order valence-electron chi connectivity index (χ2n) is 4.99. The predicted octanol–water partition coefficient (Wildman–Crippen LogP) is 1.42. The van der Waals surface area contributed by atoms with Crippen molar-refractivity contribution in [2.75, 3.05) is 30.8 Å². The van der Waals surface area contributed by atoms with Gasteiger partial charge in [0.2, 0.25) is 0 Å². The Kier molecular flexibility index (Phi) is 3.07. The number of hydrogen-bond acceptors (Lipinski definition) is 5. The normalized spacial score (nSPS) is 16.7. The van der Waals surface area contributed by atoms with Crippen LogP contribution in [0, 0.1) is 0 Å². The molecule has 0 atom stereocenters. The van der Waals surface area contributed by atoms with Gasteiger partial charge in [0.25, 0.3) is 0 Å². The van der Waals surface area contributed by atoms with Gasteiger partial charge in [-0.25, -0.2) is 0 Å². The molecule has 1 aliphatic heterocycles. The molecule has 1 aromatic carbocycles. The largest absolute Gasteiger partial charge is 0.484 e. The number of anilines is 2. The number of benzene rings is 1. The summed E-state index contributed by atoms with van der Waals surface area (Å²) in [4.78, 5) is 13.4. The van der Waals surface area contributed by atoms with E-state index in [1.54, 1.807) is 6.07 Å². The lowest BCUT2D eigenvalue weighted by Crippen LogP contribution is -2.49. The summed E-state index contributed by atoms with van der Waals surface area (Å²) in [6.45, 7) is 4.71. The third-order valence-electron chi connectivity index (χ3n) is 2.85. The lowest BCUT2D eigenvalue weighted by molar-refractivity contribution is -0.139. The molecule has 1 aliphatic rings. The first-order valence-corrected chi connectivity index (χ1v) is 5.82. The van der Waals surface area contributed by atoms with E-state index < -0.39 is 0 Å².